The molecule has 1 amide bonds. The number of fused-ring (bicyclic) bond motifs is 1. The van der Waals surface area contributed by atoms with Crippen LogP contribution in [-0.2, 0) is 41.9 Å². The molecular weight excluding hydrogens is 701 g/mol. The summed E-state index contributed by atoms with van der Waals surface area (Å²) in [6.07, 6.45) is 3.51. The molecule has 4 aromatic carbocycles. The van der Waals surface area contributed by atoms with Crippen molar-refractivity contribution in [3.63, 3.8) is 0 Å². The molecule has 0 fully saturated rings. The lowest BCUT2D eigenvalue weighted by molar-refractivity contribution is -0.136. The molecule has 52 heavy (non-hydrogen) atoms. The molecule has 0 aliphatic heterocycles. The molecule has 0 aromatic heterocycles. The molecule has 3 N–H and O–H groups in total. The van der Waals surface area contributed by atoms with Gasteiger partial charge in [-0.25, -0.2) is 16.8 Å². The molecule has 10 nitrogen and oxygen atoms in total. The number of benzene rings is 4. The third kappa shape index (κ3) is 9.51. The van der Waals surface area contributed by atoms with Gasteiger partial charge in [0.25, 0.3) is 15.9 Å². The molecule has 0 aliphatic carbocycles. The third-order valence-corrected chi connectivity index (χ3v) is 12.4. The van der Waals surface area contributed by atoms with Crippen LogP contribution in [-0.4, -0.2) is 53.2 Å². The Morgan fingerprint density at radius 1 is 0.827 bits per heavy atom. The van der Waals surface area contributed by atoms with Gasteiger partial charge in [0.1, 0.15) is 5.75 Å². The van der Waals surface area contributed by atoms with Gasteiger partial charge in [-0.3, -0.25) is 14.3 Å². The van der Waals surface area contributed by atoms with Crippen molar-refractivity contribution in [1.82, 2.24) is 5.32 Å². The zero-order valence-corrected chi connectivity index (χ0v) is 32.6. The summed E-state index contributed by atoms with van der Waals surface area (Å²) in [5.74, 6) is -0.846. The molecule has 4 aromatic rings. The predicted molar refractivity (Wildman–Crippen MR) is 206 cm³/mol. The lowest BCUT2D eigenvalue weighted by Crippen LogP contribution is -2.28. The molecular formula is C40H50N2O8S2. The van der Waals surface area contributed by atoms with E-state index in [2.05, 4.69) is 63.7 Å². The molecule has 0 spiro atoms. The van der Waals surface area contributed by atoms with E-state index in [0.717, 1.165) is 30.4 Å². The quantitative estimate of drug-likeness (QED) is 0.0931. The van der Waals surface area contributed by atoms with Crippen molar-refractivity contribution in [2.75, 3.05) is 24.1 Å². The van der Waals surface area contributed by atoms with Gasteiger partial charge in [0.2, 0.25) is 0 Å². The average molecular weight is 751 g/mol. The second-order valence-electron chi connectivity index (χ2n) is 14.4. The minimum Gasteiger partial charge on any atom is -0.493 e. The number of carboxylic acids is 1. The van der Waals surface area contributed by atoms with Crippen LogP contribution in [0.1, 0.15) is 94.3 Å². The lowest BCUT2D eigenvalue weighted by Gasteiger charge is -2.30. The number of sulfone groups is 1. The largest absolute Gasteiger partial charge is 0.493 e. The minimum atomic E-state index is -4.19. The smallest absolute Gasteiger partial charge is 0.303 e. The summed E-state index contributed by atoms with van der Waals surface area (Å²) < 4.78 is 62.0. The highest BCUT2D eigenvalue weighted by Gasteiger charge is 2.28. The number of carbonyl (C=O) groups excluding carboxylic acids is 1. The van der Waals surface area contributed by atoms with Crippen molar-refractivity contribution in [2.45, 2.75) is 94.3 Å². The number of amides is 1. The highest BCUT2D eigenvalue weighted by molar-refractivity contribution is 7.92. The number of ether oxygens (including phenoxy) is 1. The number of hydrogen-bond donors (Lipinski definition) is 3. The summed E-state index contributed by atoms with van der Waals surface area (Å²) in [7, 11) is -8.13. The van der Waals surface area contributed by atoms with Gasteiger partial charge in [-0.2, -0.15) is 0 Å². The summed E-state index contributed by atoms with van der Waals surface area (Å²) in [5, 5.41) is 12.3. The molecule has 0 heterocycles. The molecule has 0 unspecified atom stereocenters. The van der Waals surface area contributed by atoms with Gasteiger partial charge in [0, 0.05) is 35.6 Å². The first-order valence-corrected chi connectivity index (χ1v) is 20.8. The van der Waals surface area contributed by atoms with Gasteiger partial charge in [0.05, 0.1) is 27.6 Å². The summed E-state index contributed by atoms with van der Waals surface area (Å²) >= 11 is 0. The Balaban J connectivity index is 1.57. The molecule has 0 aliphatic rings. The molecule has 0 saturated carbocycles. The van der Waals surface area contributed by atoms with E-state index < -0.39 is 31.7 Å². The molecule has 4 rings (SSSR count). The van der Waals surface area contributed by atoms with Crippen LogP contribution in [0.25, 0.3) is 10.8 Å². The van der Waals surface area contributed by atoms with Crippen molar-refractivity contribution in [1.29, 1.82) is 0 Å². The van der Waals surface area contributed by atoms with Crippen LogP contribution < -0.4 is 14.8 Å². The fourth-order valence-electron chi connectivity index (χ4n) is 5.84. The molecule has 0 bridgehead atoms. The van der Waals surface area contributed by atoms with E-state index in [-0.39, 0.29) is 56.6 Å². The maximum atomic E-state index is 13.7. The number of anilines is 1. The van der Waals surface area contributed by atoms with E-state index in [4.69, 9.17) is 9.84 Å². The zero-order chi connectivity index (χ0) is 38.5. The maximum Gasteiger partial charge on any atom is 0.303 e. The second-order valence-corrected chi connectivity index (χ2v) is 18.0. The van der Waals surface area contributed by atoms with Crippen LogP contribution in [0.4, 0.5) is 5.69 Å². The molecule has 0 radical (unpaired) electrons. The summed E-state index contributed by atoms with van der Waals surface area (Å²) in [6, 6.07) is 19.8. The summed E-state index contributed by atoms with van der Waals surface area (Å²) in [4.78, 5) is 24.3. The van der Waals surface area contributed by atoms with Crippen LogP contribution in [0.2, 0.25) is 0 Å². The van der Waals surface area contributed by atoms with Crippen LogP contribution in [0.5, 0.6) is 5.75 Å². The number of sulfonamides is 1. The first-order chi connectivity index (χ1) is 24.3. The van der Waals surface area contributed by atoms with E-state index in [9.17, 15) is 26.4 Å². The first kappa shape index (κ1) is 40.4. The molecule has 0 saturated heterocycles. The fourth-order valence-corrected chi connectivity index (χ4v) is 8.04. The maximum absolute atomic E-state index is 13.7. The summed E-state index contributed by atoms with van der Waals surface area (Å²) in [5.41, 5.74) is 2.77. The normalized spacial score (nSPS) is 12.4. The Bertz CT molecular complexity index is 2160. The molecule has 0 atom stereocenters. The average Bonchev–Trinajstić information content (AvgIpc) is 3.09. The lowest BCUT2D eigenvalue weighted by atomic mass is 9.76. The SMILES string of the molecule is CCC(C)(C)c1ccc(OCCCNC(=O)c2cc(NS(=O)(=O)c3ccc(CCC(=O)O)cc3)c3ccccc3c2S(C)(=O)=O)c(C(C)(C)CC)c1. The van der Waals surface area contributed by atoms with E-state index in [1.54, 1.807) is 30.3 Å². The highest BCUT2D eigenvalue weighted by atomic mass is 32.2. The number of carboxylic acid groups (broad SMARTS) is 1. The van der Waals surface area contributed by atoms with E-state index in [1.807, 2.05) is 6.07 Å². The van der Waals surface area contributed by atoms with Crippen LogP contribution in [0.15, 0.2) is 82.6 Å². The standard InChI is InChI=1S/C40H50N2O8S2/c1-8-39(3,4)28-18-21-35(33(25-28)40(5,6)9-2)50-24-12-23-41-38(45)32-26-34(30-13-10-11-14-31(30)37(32)51(7,46)47)42-52(48,49)29-19-15-27(16-20-29)17-22-36(43)44/h10-11,13-16,18-21,25-26,42H,8-9,12,17,22-24H2,1-7H3,(H,41,45)(H,43,44). The number of aliphatic carboxylic acids is 1. The van der Waals surface area contributed by atoms with Crippen molar-refractivity contribution in [3.8, 4) is 5.75 Å². The van der Waals surface area contributed by atoms with Gasteiger partial charge in [-0.05, 0) is 71.9 Å². The van der Waals surface area contributed by atoms with Gasteiger partial charge < -0.3 is 15.2 Å². The number of carbonyl (C=O) groups is 2. The van der Waals surface area contributed by atoms with E-state index in [0.29, 0.717) is 24.0 Å². The topological polar surface area (TPSA) is 156 Å². The van der Waals surface area contributed by atoms with Crippen molar-refractivity contribution in [2.24, 2.45) is 0 Å². The molecule has 280 valence electrons. The van der Waals surface area contributed by atoms with Crippen LogP contribution in [0.3, 0.4) is 0 Å². The van der Waals surface area contributed by atoms with Crippen molar-refractivity contribution < 1.29 is 36.3 Å². The second kappa shape index (κ2) is 16.1. The fraction of sp³-hybridized carbons (Fsp3) is 0.400. The highest BCUT2D eigenvalue weighted by Crippen LogP contribution is 2.39. The predicted octanol–water partition coefficient (Wildman–Crippen LogP) is 7.64. The molecule has 12 heteroatoms. The Labute approximate surface area is 308 Å². The van der Waals surface area contributed by atoms with Crippen LogP contribution in [0, 0.1) is 0 Å². The van der Waals surface area contributed by atoms with Gasteiger partial charge >= 0.3 is 5.97 Å². The van der Waals surface area contributed by atoms with Crippen molar-refractivity contribution in [3.05, 3.63) is 95.1 Å². The summed E-state index contributed by atoms with van der Waals surface area (Å²) in [6.45, 7) is 13.6. The Hall–Kier alpha value is -4.42. The Morgan fingerprint density at radius 3 is 2.06 bits per heavy atom. The zero-order valence-electron chi connectivity index (χ0n) is 31.0. The van der Waals surface area contributed by atoms with E-state index in [1.165, 1.54) is 29.8 Å². The third-order valence-electron chi connectivity index (χ3n) is 9.84. The minimum absolute atomic E-state index is 0.0185. The number of aryl methyl sites for hydroxylation is 1. The number of hydrogen-bond acceptors (Lipinski definition) is 7. The van der Waals surface area contributed by atoms with Gasteiger partial charge in [0.15, 0.2) is 9.84 Å². The Morgan fingerprint density at radius 2 is 1.46 bits per heavy atom. The van der Waals surface area contributed by atoms with E-state index >= 15 is 0 Å². The van der Waals surface area contributed by atoms with Crippen LogP contribution >= 0.6 is 0 Å². The number of rotatable bonds is 17. The van der Waals surface area contributed by atoms with Gasteiger partial charge in [-0.1, -0.05) is 90.1 Å². The number of nitrogens with one attached hydrogen (secondary N) is 2. The first-order valence-electron chi connectivity index (χ1n) is 17.5. The van der Waals surface area contributed by atoms with Gasteiger partial charge in [-0.15, -0.1) is 0 Å². The van der Waals surface area contributed by atoms with Crippen molar-refractivity contribution >= 4 is 48.2 Å². The Kier molecular flexibility index (Phi) is 12.5. The monoisotopic (exact) mass is 750 g/mol.